The quantitative estimate of drug-likeness (QED) is 0.473. The lowest BCUT2D eigenvalue weighted by Crippen LogP contribution is -2.04. The highest BCUT2D eigenvalue weighted by molar-refractivity contribution is 4.74. The zero-order chi connectivity index (χ0) is 9.82. The van der Waals surface area contributed by atoms with E-state index in [0.717, 1.165) is 5.92 Å². The standard InChI is InChI=1S/C5H10.C5H4.C2H6/c1-5-3-2-4-5;1-3-5-4-2;1-2/h5H,2-4H2,1H3;1-2H2;1-2H3. The summed E-state index contributed by atoms with van der Waals surface area (Å²) in [4.78, 5) is 0. The second-order valence-electron chi connectivity index (χ2n) is 2.51. The monoisotopic (exact) mass is 164 g/mol. The van der Waals surface area contributed by atoms with Crippen LogP contribution in [0.4, 0.5) is 0 Å². The van der Waals surface area contributed by atoms with E-state index < -0.39 is 0 Å². The second-order valence-corrected chi connectivity index (χ2v) is 2.51. The minimum atomic E-state index is 1.06. The molecular formula is C12H20. The molecule has 0 saturated heterocycles. The molecule has 1 rings (SSSR count). The van der Waals surface area contributed by atoms with Gasteiger partial charge in [-0.05, 0) is 24.8 Å². The normalized spacial score (nSPS) is 12.6. The summed E-state index contributed by atoms with van der Waals surface area (Å²) in [5.41, 5.74) is 7.08. The van der Waals surface area contributed by atoms with E-state index in [-0.39, 0.29) is 0 Å². The molecule has 0 aromatic rings. The maximum atomic E-state index is 3.21. The SMILES string of the molecule is C=C=C=C=C.CC.CC1CCC1. The van der Waals surface area contributed by atoms with Gasteiger partial charge in [0.25, 0.3) is 0 Å². The van der Waals surface area contributed by atoms with Gasteiger partial charge in [-0.25, -0.2) is 0 Å². The Labute approximate surface area is 77.0 Å². The number of hydrogen-bond donors (Lipinski definition) is 0. The van der Waals surface area contributed by atoms with Crippen LogP contribution in [0.3, 0.4) is 0 Å². The highest BCUT2D eigenvalue weighted by Crippen LogP contribution is 2.24. The van der Waals surface area contributed by atoms with Crippen molar-refractivity contribution < 1.29 is 0 Å². The molecule has 0 unspecified atom stereocenters. The first-order valence-corrected chi connectivity index (χ1v) is 4.60. The average Bonchev–Trinajstić information content (AvgIpc) is 2.07. The summed E-state index contributed by atoms with van der Waals surface area (Å²) in [6.45, 7) is 12.7. The van der Waals surface area contributed by atoms with E-state index in [1.807, 2.05) is 13.8 Å². The third-order valence-corrected chi connectivity index (χ3v) is 1.57. The summed E-state index contributed by atoms with van der Waals surface area (Å²) in [6, 6.07) is 0. The van der Waals surface area contributed by atoms with E-state index >= 15 is 0 Å². The van der Waals surface area contributed by atoms with Crippen LogP contribution in [0.1, 0.15) is 40.0 Å². The molecule has 0 aromatic carbocycles. The van der Waals surface area contributed by atoms with Crippen LogP contribution < -0.4 is 0 Å². The van der Waals surface area contributed by atoms with E-state index in [2.05, 4.69) is 37.3 Å². The minimum Gasteiger partial charge on any atom is -0.0694 e. The first-order chi connectivity index (χ1) is 5.81. The van der Waals surface area contributed by atoms with Gasteiger partial charge in [-0.2, -0.15) is 0 Å². The van der Waals surface area contributed by atoms with E-state index in [1.165, 1.54) is 19.3 Å². The fraction of sp³-hybridized carbons (Fsp3) is 0.583. The molecule has 0 aromatic heterocycles. The number of hydrogen-bond acceptors (Lipinski definition) is 0. The van der Waals surface area contributed by atoms with Gasteiger partial charge in [-0.1, -0.05) is 51.5 Å². The van der Waals surface area contributed by atoms with Crippen LogP contribution in [0.5, 0.6) is 0 Å². The lowest BCUT2D eigenvalue weighted by Gasteiger charge is -2.18. The maximum Gasteiger partial charge on any atom is -0.0203 e. The first-order valence-electron chi connectivity index (χ1n) is 4.60. The van der Waals surface area contributed by atoms with Crippen molar-refractivity contribution in [3.8, 4) is 0 Å². The van der Waals surface area contributed by atoms with Gasteiger partial charge >= 0.3 is 0 Å². The van der Waals surface area contributed by atoms with Crippen molar-refractivity contribution in [2.45, 2.75) is 40.0 Å². The Morgan fingerprint density at radius 2 is 1.42 bits per heavy atom. The van der Waals surface area contributed by atoms with Crippen molar-refractivity contribution in [1.82, 2.24) is 0 Å². The molecule has 0 heteroatoms. The van der Waals surface area contributed by atoms with Crippen LogP contribution in [-0.4, -0.2) is 0 Å². The smallest absolute Gasteiger partial charge is 0.0203 e. The van der Waals surface area contributed by atoms with Crippen molar-refractivity contribution in [3.63, 3.8) is 0 Å². The van der Waals surface area contributed by atoms with Gasteiger partial charge in [0, 0.05) is 0 Å². The largest absolute Gasteiger partial charge is 0.0694 e. The fourth-order valence-corrected chi connectivity index (χ4v) is 0.675. The van der Waals surface area contributed by atoms with Crippen LogP contribution in [0.25, 0.3) is 0 Å². The molecule has 1 aliphatic carbocycles. The molecule has 0 radical (unpaired) electrons. The van der Waals surface area contributed by atoms with Gasteiger partial charge in [0.15, 0.2) is 0 Å². The van der Waals surface area contributed by atoms with Crippen LogP contribution in [0.2, 0.25) is 0 Å². The molecule has 0 heterocycles. The zero-order valence-electron chi connectivity index (χ0n) is 8.61. The summed E-state index contributed by atoms with van der Waals surface area (Å²) in [5, 5.41) is 0. The first kappa shape index (κ1) is 13.7. The molecule has 0 bridgehead atoms. The van der Waals surface area contributed by atoms with Gasteiger partial charge in [-0.3, -0.25) is 0 Å². The molecular weight excluding hydrogens is 144 g/mol. The molecule has 12 heavy (non-hydrogen) atoms. The third kappa shape index (κ3) is 11.8. The molecule has 1 saturated carbocycles. The summed E-state index contributed by atoms with van der Waals surface area (Å²) >= 11 is 0. The molecule has 0 N–H and O–H groups in total. The summed E-state index contributed by atoms with van der Waals surface area (Å²) in [5.74, 6) is 1.06. The van der Waals surface area contributed by atoms with E-state index in [1.54, 1.807) is 0 Å². The fourth-order valence-electron chi connectivity index (χ4n) is 0.675. The highest BCUT2D eigenvalue weighted by Gasteiger charge is 2.09. The second kappa shape index (κ2) is 12.7. The van der Waals surface area contributed by atoms with Gasteiger partial charge in [0.05, 0.1) is 0 Å². The van der Waals surface area contributed by atoms with Crippen molar-refractivity contribution in [1.29, 1.82) is 0 Å². The Kier molecular flexibility index (Phi) is 14.5. The lowest BCUT2D eigenvalue weighted by atomic mass is 9.88. The van der Waals surface area contributed by atoms with Crippen molar-refractivity contribution in [2.75, 3.05) is 0 Å². The Hall–Kier alpha value is -0.920. The van der Waals surface area contributed by atoms with Crippen molar-refractivity contribution in [2.24, 2.45) is 5.92 Å². The Morgan fingerprint density at radius 3 is 1.42 bits per heavy atom. The summed E-state index contributed by atoms with van der Waals surface area (Å²) in [7, 11) is 0. The molecule has 0 spiro atoms. The Balaban J connectivity index is 0. The van der Waals surface area contributed by atoms with Crippen LogP contribution in [0.15, 0.2) is 30.4 Å². The van der Waals surface area contributed by atoms with Gasteiger partial charge in [-0.15, -0.1) is 0 Å². The van der Waals surface area contributed by atoms with Crippen molar-refractivity contribution in [3.05, 3.63) is 30.4 Å². The Morgan fingerprint density at radius 1 is 1.08 bits per heavy atom. The van der Waals surface area contributed by atoms with E-state index in [4.69, 9.17) is 0 Å². The van der Waals surface area contributed by atoms with Gasteiger partial charge in [0.2, 0.25) is 0 Å². The molecule has 1 aliphatic rings. The molecule has 0 nitrogen and oxygen atoms in total. The minimum absolute atomic E-state index is 1.06. The predicted molar refractivity (Wildman–Crippen MR) is 56.2 cm³/mol. The van der Waals surface area contributed by atoms with Gasteiger partial charge in [0.1, 0.15) is 0 Å². The maximum absolute atomic E-state index is 3.21. The van der Waals surface area contributed by atoms with Crippen LogP contribution >= 0.6 is 0 Å². The third-order valence-electron chi connectivity index (χ3n) is 1.57. The predicted octanol–water partition coefficient (Wildman–Crippen LogP) is 4.10. The van der Waals surface area contributed by atoms with E-state index in [0.29, 0.717) is 0 Å². The van der Waals surface area contributed by atoms with Crippen molar-refractivity contribution >= 4 is 0 Å². The highest BCUT2D eigenvalue weighted by atomic mass is 14.1. The zero-order valence-corrected chi connectivity index (χ0v) is 8.61. The average molecular weight is 164 g/mol. The molecule has 0 atom stereocenters. The lowest BCUT2D eigenvalue weighted by molar-refractivity contribution is 0.346. The topological polar surface area (TPSA) is 0 Å². The van der Waals surface area contributed by atoms with Gasteiger partial charge < -0.3 is 0 Å². The summed E-state index contributed by atoms with van der Waals surface area (Å²) in [6.07, 6.45) is 4.46. The molecule has 0 amide bonds. The summed E-state index contributed by atoms with van der Waals surface area (Å²) < 4.78 is 0. The Bertz CT molecular complexity index is 156. The van der Waals surface area contributed by atoms with Crippen LogP contribution in [0, 0.1) is 5.92 Å². The number of rotatable bonds is 0. The van der Waals surface area contributed by atoms with Crippen LogP contribution in [-0.2, 0) is 0 Å². The molecule has 68 valence electrons. The molecule has 1 fully saturated rings. The van der Waals surface area contributed by atoms with E-state index in [9.17, 15) is 0 Å². The molecule has 0 aliphatic heterocycles.